The average Bonchev–Trinajstić information content (AvgIpc) is 3.62. The molecule has 6 aromatic heterocycles. The van der Waals surface area contributed by atoms with E-state index in [-0.39, 0.29) is 11.8 Å². The Morgan fingerprint density at radius 1 is 1.00 bits per heavy atom. The second kappa shape index (κ2) is 8.44. The number of aromatic nitrogens is 6. The van der Waals surface area contributed by atoms with Crippen LogP contribution < -0.4 is 5.32 Å². The lowest BCUT2D eigenvalue weighted by Crippen LogP contribution is -2.17. The van der Waals surface area contributed by atoms with Gasteiger partial charge in [0.15, 0.2) is 0 Å². The molecule has 0 radical (unpaired) electrons. The third kappa shape index (κ3) is 3.85. The maximum atomic E-state index is 12.1. The van der Waals surface area contributed by atoms with Gasteiger partial charge in [-0.2, -0.15) is 5.10 Å². The minimum absolute atomic E-state index is 0.0558. The summed E-state index contributed by atoms with van der Waals surface area (Å²) in [5.41, 5.74) is 6.66. The first kappa shape index (κ1) is 21.2. The van der Waals surface area contributed by atoms with Gasteiger partial charge < -0.3 is 10.3 Å². The van der Waals surface area contributed by atoms with Crippen LogP contribution in [-0.2, 0) is 4.79 Å². The van der Waals surface area contributed by atoms with Gasteiger partial charge in [-0.05, 0) is 35.7 Å². The Hall–Kier alpha value is -4.37. The lowest BCUT2D eigenvalue weighted by molar-refractivity contribution is -0.118. The van der Waals surface area contributed by atoms with Gasteiger partial charge in [-0.15, -0.1) is 11.3 Å². The number of rotatable bonds is 5. The van der Waals surface area contributed by atoms with E-state index in [4.69, 9.17) is 0 Å². The highest BCUT2D eigenvalue weighted by atomic mass is 32.1. The van der Waals surface area contributed by atoms with E-state index in [0.717, 1.165) is 55.0 Å². The highest BCUT2D eigenvalue weighted by Gasteiger charge is 2.16. The molecule has 0 fully saturated rings. The van der Waals surface area contributed by atoms with Crippen LogP contribution in [0.3, 0.4) is 0 Å². The molecule has 0 aromatic carbocycles. The van der Waals surface area contributed by atoms with Gasteiger partial charge in [0, 0.05) is 40.2 Å². The molecule has 8 nitrogen and oxygen atoms in total. The smallest absolute Gasteiger partial charge is 0.226 e. The summed E-state index contributed by atoms with van der Waals surface area (Å²) in [6.45, 7) is 3.71. The standard InChI is InChI=1S/C26H21N7OS/c1-14(2)26(34)30-16-8-15(11-27-12-16)20-9-18-22(13-29-20)32-33-24(18)21-10-17-19(31-21)5-6-28-25(17)23-4-3-7-35-23/h3-14,31H,1-2H3,(H,30,34)(H,32,33). The zero-order chi connectivity index (χ0) is 23.9. The number of nitrogens with zero attached hydrogens (tertiary/aromatic N) is 4. The zero-order valence-corrected chi connectivity index (χ0v) is 19.9. The van der Waals surface area contributed by atoms with E-state index in [0.29, 0.717) is 5.69 Å². The monoisotopic (exact) mass is 479 g/mol. The molecular formula is C26H21N7OS. The Balaban J connectivity index is 1.41. The van der Waals surface area contributed by atoms with E-state index < -0.39 is 0 Å². The zero-order valence-electron chi connectivity index (χ0n) is 19.0. The highest BCUT2D eigenvalue weighted by molar-refractivity contribution is 7.13. The second-order valence-corrected chi connectivity index (χ2v) is 9.52. The number of hydrogen-bond donors (Lipinski definition) is 3. The summed E-state index contributed by atoms with van der Waals surface area (Å²) in [5, 5.41) is 14.6. The van der Waals surface area contributed by atoms with Gasteiger partial charge in [0.25, 0.3) is 0 Å². The number of carbonyl (C=O) groups is 1. The molecule has 0 spiro atoms. The second-order valence-electron chi connectivity index (χ2n) is 8.57. The van der Waals surface area contributed by atoms with E-state index in [1.807, 2.05) is 44.3 Å². The van der Waals surface area contributed by atoms with E-state index in [2.05, 4.69) is 53.0 Å². The molecule has 1 amide bonds. The Morgan fingerprint density at radius 3 is 2.71 bits per heavy atom. The van der Waals surface area contributed by atoms with Gasteiger partial charge in [-0.1, -0.05) is 19.9 Å². The molecule has 0 atom stereocenters. The van der Waals surface area contributed by atoms with Crippen molar-refractivity contribution in [3.8, 4) is 33.2 Å². The largest absolute Gasteiger partial charge is 0.353 e. The molecule has 3 N–H and O–H groups in total. The van der Waals surface area contributed by atoms with Crippen LogP contribution in [0.15, 0.2) is 66.6 Å². The molecule has 0 bridgehead atoms. The van der Waals surface area contributed by atoms with Gasteiger partial charge in [0.2, 0.25) is 5.91 Å². The first-order valence-electron chi connectivity index (χ1n) is 11.2. The number of H-pyrrole nitrogens is 2. The lowest BCUT2D eigenvalue weighted by Gasteiger charge is -2.08. The van der Waals surface area contributed by atoms with E-state index >= 15 is 0 Å². The number of aromatic amines is 2. The molecule has 6 rings (SSSR count). The van der Waals surface area contributed by atoms with Gasteiger partial charge in [0.05, 0.1) is 45.6 Å². The molecule has 0 saturated carbocycles. The first-order valence-corrected chi connectivity index (χ1v) is 12.1. The average molecular weight is 480 g/mol. The van der Waals surface area contributed by atoms with Gasteiger partial charge >= 0.3 is 0 Å². The highest BCUT2D eigenvalue weighted by Crippen LogP contribution is 2.35. The fourth-order valence-electron chi connectivity index (χ4n) is 4.01. The minimum atomic E-state index is -0.117. The number of nitrogens with one attached hydrogen (secondary N) is 3. The van der Waals surface area contributed by atoms with Crippen LogP contribution in [0.1, 0.15) is 13.8 Å². The maximum absolute atomic E-state index is 12.1. The van der Waals surface area contributed by atoms with Crippen LogP contribution in [0.5, 0.6) is 0 Å². The van der Waals surface area contributed by atoms with Crippen molar-refractivity contribution in [3.05, 3.63) is 66.6 Å². The normalized spacial score (nSPS) is 11.5. The van der Waals surface area contributed by atoms with Gasteiger partial charge in [-0.3, -0.25) is 24.8 Å². The van der Waals surface area contributed by atoms with Crippen molar-refractivity contribution < 1.29 is 4.79 Å². The lowest BCUT2D eigenvalue weighted by atomic mass is 10.1. The molecule has 35 heavy (non-hydrogen) atoms. The molecule has 0 aliphatic heterocycles. The van der Waals surface area contributed by atoms with E-state index in [1.54, 1.807) is 29.9 Å². The number of carbonyl (C=O) groups excluding carboxylic acids is 1. The SMILES string of the molecule is CC(C)C(=O)Nc1cncc(-c2cc3c(-c4cc5c(-c6cccs6)nccc5[nH]4)n[nH]c3cn2)c1. The summed E-state index contributed by atoms with van der Waals surface area (Å²) in [6, 6.07) is 12.0. The number of amides is 1. The molecule has 0 aliphatic carbocycles. The quantitative estimate of drug-likeness (QED) is 0.286. The van der Waals surface area contributed by atoms with Gasteiger partial charge in [-0.25, -0.2) is 0 Å². The number of anilines is 1. The Morgan fingerprint density at radius 2 is 1.89 bits per heavy atom. The van der Waals surface area contributed by atoms with Crippen LogP contribution in [0.4, 0.5) is 5.69 Å². The molecule has 6 heterocycles. The summed E-state index contributed by atoms with van der Waals surface area (Å²) in [4.78, 5) is 30.2. The summed E-state index contributed by atoms with van der Waals surface area (Å²) in [5.74, 6) is -0.173. The molecular weight excluding hydrogens is 458 g/mol. The van der Waals surface area contributed by atoms with Crippen LogP contribution in [-0.4, -0.2) is 36.0 Å². The summed E-state index contributed by atoms with van der Waals surface area (Å²) in [7, 11) is 0. The summed E-state index contributed by atoms with van der Waals surface area (Å²) in [6.07, 6.45) is 6.96. The fourth-order valence-corrected chi connectivity index (χ4v) is 4.74. The minimum Gasteiger partial charge on any atom is -0.353 e. The predicted molar refractivity (Wildman–Crippen MR) is 139 cm³/mol. The number of thiophene rings is 1. The molecule has 9 heteroatoms. The number of fused-ring (bicyclic) bond motifs is 2. The number of hydrogen-bond acceptors (Lipinski definition) is 6. The Kier molecular flexibility index (Phi) is 5.11. The third-order valence-corrected chi connectivity index (χ3v) is 6.71. The molecule has 0 aliphatic rings. The summed E-state index contributed by atoms with van der Waals surface area (Å²) >= 11 is 1.67. The maximum Gasteiger partial charge on any atom is 0.226 e. The van der Waals surface area contributed by atoms with Crippen LogP contribution in [0, 0.1) is 5.92 Å². The van der Waals surface area contributed by atoms with Crippen LogP contribution >= 0.6 is 11.3 Å². The van der Waals surface area contributed by atoms with E-state index in [1.165, 1.54) is 0 Å². The molecule has 0 saturated heterocycles. The van der Waals surface area contributed by atoms with Crippen molar-refractivity contribution in [2.45, 2.75) is 13.8 Å². The van der Waals surface area contributed by atoms with Crippen LogP contribution in [0.2, 0.25) is 0 Å². The predicted octanol–water partition coefficient (Wildman–Crippen LogP) is 5.89. The Bertz CT molecular complexity index is 1680. The van der Waals surface area contributed by atoms with Crippen molar-refractivity contribution in [2.75, 3.05) is 5.32 Å². The number of pyridine rings is 3. The molecule has 6 aromatic rings. The van der Waals surface area contributed by atoms with Crippen molar-refractivity contribution in [2.24, 2.45) is 5.92 Å². The molecule has 0 unspecified atom stereocenters. The van der Waals surface area contributed by atoms with Gasteiger partial charge in [0.1, 0.15) is 5.69 Å². The fraction of sp³-hybridized carbons (Fsp3) is 0.115. The van der Waals surface area contributed by atoms with Crippen molar-refractivity contribution in [3.63, 3.8) is 0 Å². The van der Waals surface area contributed by atoms with Crippen LogP contribution in [0.25, 0.3) is 55.0 Å². The topological polar surface area (TPSA) is 112 Å². The Labute approximate surface area is 204 Å². The van der Waals surface area contributed by atoms with E-state index in [9.17, 15) is 4.79 Å². The summed E-state index contributed by atoms with van der Waals surface area (Å²) < 4.78 is 0. The van der Waals surface area contributed by atoms with Crippen molar-refractivity contribution >= 4 is 44.7 Å². The van der Waals surface area contributed by atoms with Crippen molar-refractivity contribution in [1.29, 1.82) is 0 Å². The van der Waals surface area contributed by atoms with Crippen molar-refractivity contribution in [1.82, 2.24) is 30.1 Å². The third-order valence-electron chi connectivity index (χ3n) is 5.83. The first-order chi connectivity index (χ1) is 17.1. The molecule has 172 valence electrons.